The molecule has 0 fully saturated rings. The summed E-state index contributed by atoms with van der Waals surface area (Å²) in [5.74, 6) is 0.314. The molecule has 112 valence electrons. The predicted molar refractivity (Wildman–Crippen MR) is 80.8 cm³/mol. The molecule has 0 unspecified atom stereocenters. The standard InChI is InChI=1S/C16H20N2O3/c1-3-8-17-15(19)11(2)18-16(20)13-9-12-6-4-5-7-14(12)21-10-13/h4-7,9,11H,3,8,10H2,1-2H3,(H,17,19)(H,18,20)/t11-/m1/s1. The fraction of sp³-hybridized carbons (Fsp3) is 0.375. The van der Waals surface area contributed by atoms with Gasteiger partial charge in [-0.3, -0.25) is 9.59 Å². The molecule has 1 aliphatic rings. The van der Waals surface area contributed by atoms with E-state index in [1.807, 2.05) is 31.2 Å². The molecule has 5 nitrogen and oxygen atoms in total. The molecule has 2 N–H and O–H groups in total. The highest BCUT2D eigenvalue weighted by molar-refractivity contribution is 6.01. The van der Waals surface area contributed by atoms with Gasteiger partial charge in [0, 0.05) is 12.1 Å². The van der Waals surface area contributed by atoms with Crippen LogP contribution in [0.4, 0.5) is 0 Å². The summed E-state index contributed by atoms with van der Waals surface area (Å²) >= 11 is 0. The molecule has 21 heavy (non-hydrogen) atoms. The van der Waals surface area contributed by atoms with E-state index in [1.165, 1.54) is 0 Å². The van der Waals surface area contributed by atoms with Gasteiger partial charge in [0.2, 0.25) is 5.91 Å². The molecule has 2 amide bonds. The number of fused-ring (bicyclic) bond motifs is 1. The zero-order valence-corrected chi connectivity index (χ0v) is 12.3. The van der Waals surface area contributed by atoms with Gasteiger partial charge in [-0.1, -0.05) is 25.1 Å². The van der Waals surface area contributed by atoms with Crippen molar-refractivity contribution >= 4 is 17.9 Å². The predicted octanol–water partition coefficient (Wildman–Crippen LogP) is 1.49. The van der Waals surface area contributed by atoms with Gasteiger partial charge in [0.05, 0.1) is 5.57 Å². The number of hydrogen-bond acceptors (Lipinski definition) is 3. The highest BCUT2D eigenvalue weighted by atomic mass is 16.5. The van der Waals surface area contributed by atoms with Crippen molar-refractivity contribution in [3.8, 4) is 5.75 Å². The smallest absolute Gasteiger partial charge is 0.251 e. The Labute approximate surface area is 124 Å². The van der Waals surface area contributed by atoms with Gasteiger partial charge in [0.25, 0.3) is 5.91 Å². The molecule has 0 aliphatic carbocycles. The lowest BCUT2D eigenvalue weighted by Gasteiger charge is -2.19. The van der Waals surface area contributed by atoms with Crippen LogP contribution in [0.1, 0.15) is 25.8 Å². The molecule has 0 saturated carbocycles. The highest BCUT2D eigenvalue weighted by Gasteiger charge is 2.20. The Morgan fingerprint density at radius 2 is 2.10 bits per heavy atom. The van der Waals surface area contributed by atoms with Gasteiger partial charge in [0.1, 0.15) is 18.4 Å². The highest BCUT2D eigenvalue weighted by Crippen LogP contribution is 2.25. The van der Waals surface area contributed by atoms with E-state index in [1.54, 1.807) is 13.0 Å². The third-order valence-electron chi connectivity index (χ3n) is 3.21. The molecule has 0 radical (unpaired) electrons. The average Bonchev–Trinajstić information content (AvgIpc) is 2.51. The molecule has 1 aliphatic heterocycles. The second-order valence-electron chi connectivity index (χ2n) is 4.98. The third-order valence-corrected chi connectivity index (χ3v) is 3.21. The van der Waals surface area contributed by atoms with Crippen LogP contribution in [0.5, 0.6) is 5.75 Å². The normalized spacial score (nSPS) is 14.3. The topological polar surface area (TPSA) is 67.4 Å². The van der Waals surface area contributed by atoms with Crippen molar-refractivity contribution in [2.24, 2.45) is 0 Å². The summed E-state index contributed by atoms with van der Waals surface area (Å²) in [7, 11) is 0. The third kappa shape index (κ3) is 3.84. The van der Waals surface area contributed by atoms with Gasteiger partial charge < -0.3 is 15.4 Å². The molecule has 1 heterocycles. The number of nitrogens with one attached hydrogen (secondary N) is 2. The Morgan fingerprint density at radius 3 is 2.86 bits per heavy atom. The summed E-state index contributed by atoms with van der Waals surface area (Å²) in [6, 6.07) is 6.96. The molecule has 0 aromatic heterocycles. The summed E-state index contributed by atoms with van der Waals surface area (Å²) in [6.45, 7) is 4.47. The van der Waals surface area contributed by atoms with Gasteiger partial charge >= 0.3 is 0 Å². The van der Waals surface area contributed by atoms with Crippen molar-refractivity contribution in [3.63, 3.8) is 0 Å². The maximum Gasteiger partial charge on any atom is 0.251 e. The van der Waals surface area contributed by atoms with Crippen LogP contribution in [0.3, 0.4) is 0 Å². The van der Waals surface area contributed by atoms with Gasteiger partial charge in [-0.15, -0.1) is 0 Å². The zero-order chi connectivity index (χ0) is 15.2. The number of hydrogen-bond donors (Lipinski definition) is 2. The first kappa shape index (κ1) is 15.1. The number of amides is 2. The Hall–Kier alpha value is -2.30. The van der Waals surface area contributed by atoms with Crippen molar-refractivity contribution in [1.29, 1.82) is 0 Å². The number of ether oxygens (including phenoxy) is 1. The average molecular weight is 288 g/mol. The SMILES string of the molecule is CCCNC(=O)[C@@H](C)NC(=O)C1=Cc2ccccc2OC1. The van der Waals surface area contributed by atoms with E-state index in [9.17, 15) is 9.59 Å². The molecule has 1 aromatic rings. The second kappa shape index (κ2) is 6.92. The summed E-state index contributed by atoms with van der Waals surface area (Å²) in [5.41, 5.74) is 1.39. The van der Waals surface area contributed by atoms with Crippen LogP contribution >= 0.6 is 0 Å². The van der Waals surface area contributed by atoms with Crippen molar-refractivity contribution in [2.45, 2.75) is 26.3 Å². The Kier molecular flexibility index (Phi) is 4.98. The van der Waals surface area contributed by atoms with Crippen LogP contribution in [0, 0.1) is 0 Å². The molecule has 1 aromatic carbocycles. The summed E-state index contributed by atoms with van der Waals surface area (Å²) in [4.78, 5) is 23.9. The monoisotopic (exact) mass is 288 g/mol. The minimum absolute atomic E-state index is 0.178. The first-order chi connectivity index (χ1) is 10.1. The number of carbonyl (C=O) groups is 2. The van der Waals surface area contributed by atoms with Crippen molar-refractivity contribution in [2.75, 3.05) is 13.2 Å². The van der Waals surface area contributed by atoms with Crippen molar-refractivity contribution < 1.29 is 14.3 Å². The van der Waals surface area contributed by atoms with Crippen LogP contribution in [-0.4, -0.2) is 31.0 Å². The second-order valence-corrected chi connectivity index (χ2v) is 4.98. The van der Waals surface area contributed by atoms with Crippen LogP contribution in [0.25, 0.3) is 6.08 Å². The quantitative estimate of drug-likeness (QED) is 0.862. The van der Waals surface area contributed by atoms with Crippen LogP contribution in [0.2, 0.25) is 0 Å². The number of rotatable bonds is 5. The molecule has 0 saturated heterocycles. The minimum atomic E-state index is -0.567. The molecule has 1 atom stereocenters. The number of carbonyl (C=O) groups excluding carboxylic acids is 2. The molecule has 0 bridgehead atoms. The molecular formula is C16H20N2O3. The van der Waals surface area contributed by atoms with E-state index < -0.39 is 6.04 Å². The zero-order valence-electron chi connectivity index (χ0n) is 12.3. The van der Waals surface area contributed by atoms with Gasteiger partial charge in [-0.25, -0.2) is 0 Å². The fourth-order valence-electron chi connectivity index (χ4n) is 2.00. The molecule has 5 heteroatoms. The summed E-state index contributed by atoms with van der Waals surface area (Å²) in [6.07, 6.45) is 2.66. The Bertz CT molecular complexity index is 566. The summed E-state index contributed by atoms with van der Waals surface area (Å²) < 4.78 is 5.53. The van der Waals surface area contributed by atoms with Crippen LogP contribution < -0.4 is 15.4 Å². The number of para-hydroxylation sites is 1. The van der Waals surface area contributed by atoms with Crippen molar-refractivity contribution in [1.82, 2.24) is 10.6 Å². The van der Waals surface area contributed by atoms with E-state index >= 15 is 0 Å². The van der Waals surface area contributed by atoms with Gasteiger partial charge in [-0.05, 0) is 25.5 Å². The van der Waals surface area contributed by atoms with Gasteiger partial charge in [0.15, 0.2) is 0 Å². The van der Waals surface area contributed by atoms with Crippen LogP contribution in [0.15, 0.2) is 29.8 Å². The lowest BCUT2D eigenvalue weighted by molar-refractivity contribution is -0.127. The number of benzene rings is 1. The lowest BCUT2D eigenvalue weighted by Crippen LogP contribution is -2.46. The molecule has 0 spiro atoms. The lowest BCUT2D eigenvalue weighted by atomic mass is 10.1. The molecular weight excluding hydrogens is 268 g/mol. The van der Waals surface area contributed by atoms with E-state index in [-0.39, 0.29) is 18.4 Å². The van der Waals surface area contributed by atoms with Crippen molar-refractivity contribution in [3.05, 3.63) is 35.4 Å². The van der Waals surface area contributed by atoms with E-state index in [4.69, 9.17) is 4.74 Å². The maximum absolute atomic E-state index is 12.2. The van der Waals surface area contributed by atoms with E-state index in [0.29, 0.717) is 12.1 Å². The maximum atomic E-state index is 12.2. The van der Waals surface area contributed by atoms with Gasteiger partial charge in [-0.2, -0.15) is 0 Å². The van der Waals surface area contributed by atoms with Crippen LogP contribution in [-0.2, 0) is 9.59 Å². The fourth-order valence-corrected chi connectivity index (χ4v) is 2.00. The minimum Gasteiger partial charge on any atom is -0.488 e. The summed E-state index contributed by atoms with van der Waals surface area (Å²) in [5, 5.41) is 5.44. The van der Waals surface area contributed by atoms with E-state index in [0.717, 1.165) is 17.7 Å². The Morgan fingerprint density at radius 1 is 1.33 bits per heavy atom. The van der Waals surface area contributed by atoms with E-state index in [2.05, 4.69) is 10.6 Å². The first-order valence-corrected chi connectivity index (χ1v) is 7.12. The molecule has 2 rings (SSSR count). The first-order valence-electron chi connectivity index (χ1n) is 7.12. The largest absolute Gasteiger partial charge is 0.488 e. The Balaban J connectivity index is 1.98.